The van der Waals surface area contributed by atoms with E-state index in [4.69, 9.17) is 4.74 Å². The Hall–Kier alpha value is -3.29. The first kappa shape index (κ1) is 18.1. The van der Waals surface area contributed by atoms with Crippen molar-refractivity contribution < 1.29 is 17.9 Å². The van der Waals surface area contributed by atoms with Crippen molar-refractivity contribution in [1.82, 2.24) is 20.0 Å². The molecule has 0 fully saturated rings. The molecule has 5 nitrogen and oxygen atoms in total. The van der Waals surface area contributed by atoms with Crippen LogP contribution in [0.1, 0.15) is 17.0 Å². The predicted octanol–water partition coefficient (Wildman–Crippen LogP) is 4.70. The Kier molecular flexibility index (Phi) is 4.54. The van der Waals surface area contributed by atoms with Crippen LogP contribution in [0.15, 0.2) is 54.7 Å². The number of benzene rings is 2. The maximum absolute atomic E-state index is 12.7. The number of aromatic amines is 1. The van der Waals surface area contributed by atoms with Crippen molar-refractivity contribution in [3.8, 4) is 11.4 Å². The lowest BCUT2D eigenvalue weighted by Gasteiger charge is -2.07. The first-order chi connectivity index (χ1) is 13.4. The van der Waals surface area contributed by atoms with E-state index in [1.165, 1.54) is 16.9 Å². The van der Waals surface area contributed by atoms with Crippen LogP contribution in [-0.4, -0.2) is 26.6 Å². The van der Waals surface area contributed by atoms with Crippen molar-refractivity contribution in [3.63, 3.8) is 0 Å². The zero-order valence-corrected chi connectivity index (χ0v) is 15.0. The lowest BCUT2D eigenvalue weighted by atomic mass is 10.2. The topological polar surface area (TPSA) is 55.7 Å². The molecule has 144 valence electrons. The second-order valence-electron chi connectivity index (χ2n) is 6.39. The summed E-state index contributed by atoms with van der Waals surface area (Å²) in [7, 11) is 0. The quantitative estimate of drug-likeness (QED) is 0.541. The SMILES string of the molecule is Cc1nn(-c2ccc(C(F)(F)F)cc2)nc1CCOc1ccc2[nH]ccc2c1. The van der Waals surface area contributed by atoms with Crippen molar-refractivity contribution in [2.24, 2.45) is 0 Å². The summed E-state index contributed by atoms with van der Waals surface area (Å²) >= 11 is 0. The van der Waals surface area contributed by atoms with E-state index in [1.54, 1.807) is 0 Å². The lowest BCUT2D eigenvalue weighted by Crippen LogP contribution is -2.06. The summed E-state index contributed by atoms with van der Waals surface area (Å²) in [6.45, 7) is 2.23. The number of rotatable bonds is 5. The number of hydrogen-bond acceptors (Lipinski definition) is 3. The van der Waals surface area contributed by atoms with Crippen LogP contribution in [-0.2, 0) is 12.6 Å². The minimum absolute atomic E-state index is 0.419. The largest absolute Gasteiger partial charge is 0.493 e. The number of nitrogens with one attached hydrogen (secondary N) is 1. The summed E-state index contributed by atoms with van der Waals surface area (Å²) in [6, 6.07) is 12.5. The van der Waals surface area contributed by atoms with Crippen molar-refractivity contribution in [3.05, 3.63) is 71.7 Å². The van der Waals surface area contributed by atoms with E-state index < -0.39 is 11.7 Å². The first-order valence-corrected chi connectivity index (χ1v) is 8.70. The second-order valence-corrected chi connectivity index (χ2v) is 6.39. The van der Waals surface area contributed by atoms with Crippen molar-refractivity contribution in [2.45, 2.75) is 19.5 Å². The fourth-order valence-electron chi connectivity index (χ4n) is 2.93. The molecule has 0 aliphatic heterocycles. The molecule has 4 rings (SSSR count). The Morgan fingerprint density at radius 3 is 2.57 bits per heavy atom. The van der Waals surface area contributed by atoms with Gasteiger partial charge >= 0.3 is 6.18 Å². The number of ether oxygens (including phenoxy) is 1. The maximum Gasteiger partial charge on any atom is 0.416 e. The van der Waals surface area contributed by atoms with Gasteiger partial charge in [0, 0.05) is 23.5 Å². The zero-order chi connectivity index (χ0) is 19.7. The number of aromatic nitrogens is 4. The van der Waals surface area contributed by atoms with Gasteiger partial charge in [-0.1, -0.05) is 0 Å². The molecule has 2 aromatic carbocycles. The minimum Gasteiger partial charge on any atom is -0.493 e. The molecule has 0 bridgehead atoms. The Labute approximate surface area is 158 Å². The average Bonchev–Trinajstić information content (AvgIpc) is 3.27. The molecule has 0 radical (unpaired) electrons. The highest BCUT2D eigenvalue weighted by atomic mass is 19.4. The van der Waals surface area contributed by atoms with E-state index in [9.17, 15) is 13.2 Å². The smallest absolute Gasteiger partial charge is 0.416 e. The standard InChI is InChI=1S/C20H17F3N4O/c1-13-18(9-11-28-17-6-7-19-14(12-17)8-10-24-19)26-27(25-13)16-4-2-15(3-5-16)20(21,22)23/h2-8,10,12,24H,9,11H2,1H3. The summed E-state index contributed by atoms with van der Waals surface area (Å²) in [6.07, 6.45) is -1.95. The molecule has 28 heavy (non-hydrogen) atoms. The third kappa shape index (κ3) is 3.71. The second kappa shape index (κ2) is 7.03. The average molecular weight is 386 g/mol. The zero-order valence-electron chi connectivity index (χ0n) is 15.0. The van der Waals surface area contributed by atoms with Gasteiger partial charge in [0.2, 0.25) is 0 Å². The van der Waals surface area contributed by atoms with Gasteiger partial charge in [0.05, 0.1) is 29.2 Å². The van der Waals surface area contributed by atoms with Crippen LogP contribution in [0.4, 0.5) is 13.2 Å². The van der Waals surface area contributed by atoms with E-state index >= 15 is 0 Å². The molecular formula is C20H17F3N4O. The molecule has 8 heteroatoms. The highest BCUT2D eigenvalue weighted by Crippen LogP contribution is 2.29. The van der Waals surface area contributed by atoms with Gasteiger partial charge in [-0.2, -0.15) is 28.2 Å². The number of nitrogens with zero attached hydrogens (tertiary/aromatic N) is 3. The fourth-order valence-corrected chi connectivity index (χ4v) is 2.93. The van der Waals surface area contributed by atoms with E-state index in [0.29, 0.717) is 24.4 Å². The van der Waals surface area contributed by atoms with E-state index in [0.717, 1.165) is 34.5 Å². The minimum atomic E-state index is -4.36. The molecule has 0 aliphatic rings. The number of hydrogen-bond donors (Lipinski definition) is 1. The van der Waals surface area contributed by atoms with Crippen LogP contribution in [0.3, 0.4) is 0 Å². The molecule has 0 atom stereocenters. The van der Waals surface area contributed by atoms with E-state index in [-0.39, 0.29) is 0 Å². The van der Waals surface area contributed by atoms with Crippen LogP contribution >= 0.6 is 0 Å². The van der Waals surface area contributed by atoms with Gasteiger partial charge < -0.3 is 9.72 Å². The van der Waals surface area contributed by atoms with Crippen LogP contribution in [0.5, 0.6) is 5.75 Å². The third-order valence-electron chi connectivity index (χ3n) is 4.44. The first-order valence-electron chi connectivity index (χ1n) is 8.70. The molecule has 0 aliphatic carbocycles. The normalized spacial score (nSPS) is 11.9. The van der Waals surface area contributed by atoms with Crippen LogP contribution in [0, 0.1) is 6.92 Å². The third-order valence-corrected chi connectivity index (χ3v) is 4.44. The summed E-state index contributed by atoms with van der Waals surface area (Å²) < 4.78 is 43.8. The van der Waals surface area contributed by atoms with Crippen LogP contribution in [0.2, 0.25) is 0 Å². The molecule has 0 saturated heterocycles. The van der Waals surface area contributed by atoms with Gasteiger partial charge in [-0.15, -0.1) is 0 Å². The summed E-state index contributed by atoms with van der Waals surface area (Å²) in [5.41, 5.74) is 2.27. The maximum atomic E-state index is 12.7. The molecule has 2 aromatic heterocycles. The summed E-state index contributed by atoms with van der Waals surface area (Å²) in [5, 5.41) is 9.75. The number of fused-ring (bicyclic) bond motifs is 1. The Bertz CT molecular complexity index is 1100. The van der Waals surface area contributed by atoms with E-state index in [1.807, 2.05) is 37.4 Å². The van der Waals surface area contributed by atoms with Crippen molar-refractivity contribution in [1.29, 1.82) is 0 Å². The number of H-pyrrole nitrogens is 1. The highest BCUT2D eigenvalue weighted by Gasteiger charge is 2.30. The van der Waals surface area contributed by atoms with Crippen molar-refractivity contribution >= 4 is 10.9 Å². The monoisotopic (exact) mass is 386 g/mol. The molecule has 1 N–H and O–H groups in total. The van der Waals surface area contributed by atoms with Crippen LogP contribution < -0.4 is 4.74 Å². The van der Waals surface area contributed by atoms with Gasteiger partial charge in [0.1, 0.15) is 5.75 Å². The van der Waals surface area contributed by atoms with E-state index in [2.05, 4.69) is 15.2 Å². The van der Waals surface area contributed by atoms with Gasteiger partial charge in [-0.3, -0.25) is 0 Å². The Morgan fingerprint density at radius 2 is 1.82 bits per heavy atom. The number of aryl methyl sites for hydroxylation is 1. The molecule has 4 aromatic rings. The predicted molar refractivity (Wildman–Crippen MR) is 98.6 cm³/mol. The van der Waals surface area contributed by atoms with Gasteiger partial charge in [-0.05, 0) is 55.5 Å². The molecule has 0 spiro atoms. The molecule has 0 saturated carbocycles. The number of halogens is 3. The fraction of sp³-hybridized carbons (Fsp3) is 0.200. The van der Waals surface area contributed by atoms with Gasteiger partial charge in [-0.25, -0.2) is 0 Å². The van der Waals surface area contributed by atoms with Crippen LogP contribution in [0.25, 0.3) is 16.6 Å². The molecule has 0 amide bonds. The molecular weight excluding hydrogens is 369 g/mol. The molecule has 2 heterocycles. The number of alkyl halides is 3. The lowest BCUT2D eigenvalue weighted by molar-refractivity contribution is -0.137. The van der Waals surface area contributed by atoms with Gasteiger partial charge in [0.15, 0.2) is 0 Å². The Balaban J connectivity index is 1.42. The Morgan fingerprint density at radius 1 is 1.04 bits per heavy atom. The summed E-state index contributed by atoms with van der Waals surface area (Å²) in [4.78, 5) is 4.47. The molecule has 0 unspecified atom stereocenters. The van der Waals surface area contributed by atoms with Gasteiger partial charge in [0.25, 0.3) is 0 Å². The summed E-state index contributed by atoms with van der Waals surface area (Å²) in [5.74, 6) is 0.764. The highest BCUT2D eigenvalue weighted by molar-refractivity contribution is 5.80. The van der Waals surface area contributed by atoms with Crippen molar-refractivity contribution in [2.75, 3.05) is 6.61 Å².